The second-order valence-electron chi connectivity index (χ2n) is 3.94. The van der Waals surface area contributed by atoms with E-state index in [0.29, 0.717) is 13.1 Å². The SMILES string of the molecule is CC(=O)NCCNC(=O)CSCC(NC(C)=O)C(=O)O. The van der Waals surface area contributed by atoms with Crippen LogP contribution in [0, 0.1) is 0 Å². The molecule has 0 aliphatic carbocycles. The molecule has 0 bridgehead atoms. The molecule has 4 N–H and O–H groups in total. The fourth-order valence-electron chi connectivity index (χ4n) is 1.18. The maximum absolute atomic E-state index is 11.4. The van der Waals surface area contributed by atoms with Crippen LogP contribution < -0.4 is 16.0 Å². The van der Waals surface area contributed by atoms with E-state index in [9.17, 15) is 19.2 Å². The van der Waals surface area contributed by atoms with Crippen molar-refractivity contribution in [2.24, 2.45) is 0 Å². The highest BCUT2D eigenvalue weighted by molar-refractivity contribution is 8.00. The summed E-state index contributed by atoms with van der Waals surface area (Å²) < 4.78 is 0. The minimum absolute atomic E-state index is 0.0867. The number of hydrogen-bond donors (Lipinski definition) is 4. The summed E-state index contributed by atoms with van der Waals surface area (Å²) in [6, 6.07) is -1.01. The molecule has 8 nitrogen and oxygen atoms in total. The lowest BCUT2D eigenvalue weighted by Gasteiger charge is -2.12. The van der Waals surface area contributed by atoms with E-state index in [2.05, 4.69) is 16.0 Å². The van der Waals surface area contributed by atoms with Crippen LogP contribution in [0.2, 0.25) is 0 Å². The molecule has 0 aromatic rings. The lowest BCUT2D eigenvalue weighted by Crippen LogP contribution is -2.42. The number of amides is 3. The van der Waals surface area contributed by atoms with Gasteiger partial charge in [-0.05, 0) is 0 Å². The van der Waals surface area contributed by atoms with Crippen LogP contribution in [0.25, 0.3) is 0 Å². The molecular formula is C11H19N3O5S. The molecular weight excluding hydrogens is 286 g/mol. The summed E-state index contributed by atoms with van der Waals surface area (Å²) in [7, 11) is 0. The third-order valence-corrected chi connectivity index (χ3v) is 3.05. The average Bonchev–Trinajstić information content (AvgIpc) is 2.32. The van der Waals surface area contributed by atoms with Crippen LogP contribution in [0.5, 0.6) is 0 Å². The molecule has 0 aliphatic heterocycles. The van der Waals surface area contributed by atoms with Gasteiger partial charge in [0, 0.05) is 32.7 Å². The first-order valence-electron chi connectivity index (χ1n) is 5.91. The summed E-state index contributed by atoms with van der Waals surface area (Å²) >= 11 is 1.11. The standard InChI is InChI=1S/C11H19N3O5S/c1-7(15)12-3-4-13-10(17)6-20-5-9(11(18)19)14-8(2)16/h9H,3-6H2,1-2H3,(H,12,15)(H,13,17)(H,14,16)(H,18,19). The fraction of sp³-hybridized carbons (Fsp3) is 0.636. The molecule has 0 saturated carbocycles. The molecule has 0 fully saturated rings. The van der Waals surface area contributed by atoms with Crippen molar-refractivity contribution in [3.63, 3.8) is 0 Å². The largest absolute Gasteiger partial charge is 0.480 e. The first-order chi connectivity index (χ1) is 9.32. The van der Waals surface area contributed by atoms with Gasteiger partial charge in [-0.25, -0.2) is 4.79 Å². The third-order valence-electron chi connectivity index (χ3n) is 2.01. The first-order valence-corrected chi connectivity index (χ1v) is 7.07. The van der Waals surface area contributed by atoms with Gasteiger partial charge in [-0.2, -0.15) is 0 Å². The molecule has 1 atom stereocenters. The zero-order chi connectivity index (χ0) is 15.5. The van der Waals surface area contributed by atoms with Crippen molar-refractivity contribution < 1.29 is 24.3 Å². The highest BCUT2D eigenvalue weighted by Crippen LogP contribution is 2.03. The molecule has 3 amide bonds. The van der Waals surface area contributed by atoms with Crippen molar-refractivity contribution >= 4 is 35.5 Å². The number of nitrogens with one attached hydrogen (secondary N) is 3. The van der Waals surface area contributed by atoms with Gasteiger partial charge in [0.05, 0.1) is 5.75 Å². The normalized spacial score (nSPS) is 11.3. The number of carboxylic acid groups (broad SMARTS) is 1. The van der Waals surface area contributed by atoms with E-state index in [0.717, 1.165) is 11.8 Å². The molecule has 20 heavy (non-hydrogen) atoms. The maximum atomic E-state index is 11.4. The van der Waals surface area contributed by atoms with Gasteiger partial charge in [-0.1, -0.05) is 0 Å². The molecule has 0 aromatic heterocycles. The molecule has 1 unspecified atom stereocenters. The number of carbonyl (C=O) groups is 4. The highest BCUT2D eigenvalue weighted by atomic mass is 32.2. The molecule has 0 aromatic carbocycles. The Kier molecular flexibility index (Phi) is 9.18. The number of thioether (sulfide) groups is 1. The minimum Gasteiger partial charge on any atom is -0.480 e. The monoisotopic (exact) mass is 305 g/mol. The van der Waals surface area contributed by atoms with Crippen LogP contribution in [0.1, 0.15) is 13.8 Å². The van der Waals surface area contributed by atoms with E-state index in [-0.39, 0.29) is 23.3 Å². The van der Waals surface area contributed by atoms with Gasteiger partial charge in [-0.15, -0.1) is 11.8 Å². The molecule has 0 rings (SSSR count). The lowest BCUT2D eigenvalue weighted by atomic mass is 10.3. The molecule has 0 spiro atoms. The van der Waals surface area contributed by atoms with Gasteiger partial charge in [0.25, 0.3) is 0 Å². The summed E-state index contributed by atoms with van der Waals surface area (Å²) in [5, 5.41) is 16.2. The van der Waals surface area contributed by atoms with Gasteiger partial charge < -0.3 is 21.1 Å². The van der Waals surface area contributed by atoms with E-state index in [4.69, 9.17) is 5.11 Å². The van der Waals surface area contributed by atoms with Gasteiger partial charge in [0.1, 0.15) is 6.04 Å². The van der Waals surface area contributed by atoms with E-state index in [1.807, 2.05) is 0 Å². The van der Waals surface area contributed by atoms with E-state index in [1.165, 1.54) is 13.8 Å². The Hall–Kier alpha value is -1.77. The number of hydrogen-bond acceptors (Lipinski definition) is 5. The summed E-state index contributed by atoms with van der Waals surface area (Å²) in [6.07, 6.45) is 0. The average molecular weight is 305 g/mol. The minimum atomic E-state index is -1.14. The summed E-state index contributed by atoms with van der Waals surface area (Å²) in [5.41, 5.74) is 0. The number of rotatable bonds is 9. The van der Waals surface area contributed by atoms with E-state index >= 15 is 0 Å². The summed E-state index contributed by atoms with van der Waals surface area (Å²) in [4.78, 5) is 43.6. The molecule has 0 radical (unpaired) electrons. The Bertz CT molecular complexity index is 375. The molecule has 0 aliphatic rings. The Morgan fingerprint density at radius 3 is 2.15 bits per heavy atom. The topological polar surface area (TPSA) is 125 Å². The lowest BCUT2D eigenvalue weighted by molar-refractivity contribution is -0.140. The van der Waals surface area contributed by atoms with Crippen LogP contribution in [-0.4, -0.2) is 59.4 Å². The van der Waals surface area contributed by atoms with E-state index < -0.39 is 17.9 Å². The van der Waals surface area contributed by atoms with Crippen LogP contribution in [0.3, 0.4) is 0 Å². The Morgan fingerprint density at radius 2 is 1.65 bits per heavy atom. The fourth-order valence-corrected chi connectivity index (χ4v) is 2.05. The van der Waals surface area contributed by atoms with Gasteiger partial charge in [-0.3, -0.25) is 14.4 Å². The number of carboxylic acids is 1. The van der Waals surface area contributed by atoms with Crippen molar-refractivity contribution in [2.75, 3.05) is 24.6 Å². The van der Waals surface area contributed by atoms with Gasteiger partial charge >= 0.3 is 5.97 Å². The third kappa shape index (κ3) is 10.2. The van der Waals surface area contributed by atoms with Crippen molar-refractivity contribution in [3.05, 3.63) is 0 Å². The van der Waals surface area contributed by atoms with Crippen LogP contribution >= 0.6 is 11.8 Å². The Labute approximate surface area is 121 Å². The Balaban J connectivity index is 3.80. The molecule has 0 heterocycles. The van der Waals surface area contributed by atoms with Crippen LogP contribution in [0.15, 0.2) is 0 Å². The maximum Gasteiger partial charge on any atom is 0.327 e. The second kappa shape index (κ2) is 10.1. The first kappa shape index (κ1) is 18.2. The summed E-state index contributed by atoms with van der Waals surface area (Å²) in [6.45, 7) is 3.27. The Morgan fingerprint density at radius 1 is 1.05 bits per heavy atom. The quantitative estimate of drug-likeness (QED) is 0.387. The van der Waals surface area contributed by atoms with Crippen molar-refractivity contribution in [3.8, 4) is 0 Å². The van der Waals surface area contributed by atoms with Crippen molar-refractivity contribution in [1.82, 2.24) is 16.0 Å². The van der Waals surface area contributed by atoms with Gasteiger partial charge in [0.15, 0.2) is 0 Å². The number of carbonyl (C=O) groups excluding carboxylic acids is 3. The zero-order valence-electron chi connectivity index (χ0n) is 11.4. The highest BCUT2D eigenvalue weighted by Gasteiger charge is 2.18. The molecule has 0 saturated heterocycles. The predicted octanol–water partition coefficient (Wildman–Crippen LogP) is -1.44. The molecule has 9 heteroatoms. The predicted molar refractivity (Wildman–Crippen MR) is 74.3 cm³/mol. The summed E-state index contributed by atoms with van der Waals surface area (Å²) in [5.74, 6) is -1.81. The van der Waals surface area contributed by atoms with Crippen molar-refractivity contribution in [1.29, 1.82) is 0 Å². The molecule has 114 valence electrons. The number of aliphatic carboxylic acids is 1. The van der Waals surface area contributed by atoms with Crippen LogP contribution in [0.4, 0.5) is 0 Å². The second-order valence-corrected chi connectivity index (χ2v) is 4.97. The van der Waals surface area contributed by atoms with Crippen molar-refractivity contribution in [2.45, 2.75) is 19.9 Å². The van der Waals surface area contributed by atoms with Crippen LogP contribution in [-0.2, 0) is 19.2 Å². The van der Waals surface area contributed by atoms with E-state index in [1.54, 1.807) is 0 Å². The smallest absolute Gasteiger partial charge is 0.327 e. The zero-order valence-corrected chi connectivity index (χ0v) is 12.2. The van der Waals surface area contributed by atoms with Gasteiger partial charge in [0.2, 0.25) is 17.7 Å².